The first-order chi connectivity index (χ1) is 5.43. The van der Waals surface area contributed by atoms with Crippen molar-refractivity contribution in [2.45, 2.75) is 26.2 Å². The van der Waals surface area contributed by atoms with E-state index in [1.807, 2.05) is 20.8 Å². The molecule has 0 N–H and O–H groups in total. The first-order valence-electron chi connectivity index (χ1n) is 3.73. The molecule has 0 aromatic carbocycles. The number of hydrogen-bond acceptors (Lipinski definition) is 1. The van der Waals surface area contributed by atoms with Gasteiger partial charge in [0.2, 0.25) is 0 Å². The van der Waals surface area contributed by atoms with Crippen molar-refractivity contribution in [1.82, 2.24) is 4.98 Å². The fourth-order valence-corrected chi connectivity index (χ4v) is 1.09. The van der Waals surface area contributed by atoms with E-state index < -0.39 is 5.82 Å². The second-order valence-corrected chi connectivity index (χ2v) is 4.11. The molecule has 66 valence electrons. The molecule has 0 saturated heterocycles. The van der Waals surface area contributed by atoms with Gasteiger partial charge in [0, 0.05) is 11.6 Å². The van der Waals surface area contributed by atoms with Crippen LogP contribution >= 0.6 is 11.6 Å². The molecule has 0 aliphatic heterocycles. The third kappa shape index (κ3) is 1.75. The van der Waals surface area contributed by atoms with E-state index in [9.17, 15) is 4.39 Å². The summed E-state index contributed by atoms with van der Waals surface area (Å²) in [7, 11) is 0. The van der Waals surface area contributed by atoms with Gasteiger partial charge in [0.15, 0.2) is 5.82 Å². The minimum atomic E-state index is -0.410. The van der Waals surface area contributed by atoms with E-state index in [4.69, 9.17) is 11.6 Å². The van der Waals surface area contributed by atoms with Crippen molar-refractivity contribution in [2.75, 3.05) is 0 Å². The number of nitrogens with zero attached hydrogens (tertiary/aromatic N) is 1. The van der Waals surface area contributed by atoms with Crippen LogP contribution in [0.1, 0.15) is 26.5 Å². The minimum absolute atomic E-state index is 0.134. The minimum Gasteiger partial charge on any atom is -0.258 e. The number of halogens is 2. The Bertz CT molecular complexity index is 291. The summed E-state index contributed by atoms with van der Waals surface area (Å²) >= 11 is 5.60. The van der Waals surface area contributed by atoms with Crippen LogP contribution < -0.4 is 0 Å². The Morgan fingerprint density at radius 3 is 2.42 bits per heavy atom. The zero-order chi connectivity index (χ0) is 9.35. The van der Waals surface area contributed by atoms with Gasteiger partial charge in [-0.3, -0.25) is 4.98 Å². The fourth-order valence-electron chi connectivity index (χ4n) is 0.943. The van der Waals surface area contributed by atoms with Crippen LogP contribution in [0.15, 0.2) is 12.3 Å². The highest BCUT2D eigenvalue weighted by molar-refractivity contribution is 6.30. The van der Waals surface area contributed by atoms with Crippen LogP contribution in [0.25, 0.3) is 0 Å². The third-order valence-electron chi connectivity index (χ3n) is 1.55. The summed E-state index contributed by atoms with van der Waals surface area (Å²) in [6, 6.07) is 1.45. The van der Waals surface area contributed by atoms with Crippen LogP contribution in [0.5, 0.6) is 0 Å². The second-order valence-electron chi connectivity index (χ2n) is 3.71. The molecule has 1 aromatic rings. The Morgan fingerprint density at radius 1 is 1.42 bits per heavy atom. The molecule has 0 bridgehead atoms. The van der Waals surface area contributed by atoms with E-state index in [2.05, 4.69) is 4.98 Å². The molecule has 1 heterocycles. The van der Waals surface area contributed by atoms with Gasteiger partial charge in [0.25, 0.3) is 0 Å². The highest BCUT2D eigenvalue weighted by Crippen LogP contribution is 2.26. The monoisotopic (exact) mass is 187 g/mol. The maximum absolute atomic E-state index is 13.3. The lowest BCUT2D eigenvalue weighted by Crippen LogP contribution is -2.15. The zero-order valence-electron chi connectivity index (χ0n) is 7.36. The normalized spacial score (nSPS) is 11.8. The SMILES string of the molecule is CC(C)(C)c1nccc(Cl)c1F. The number of aromatic nitrogens is 1. The van der Waals surface area contributed by atoms with Gasteiger partial charge in [-0.2, -0.15) is 0 Å². The molecule has 1 nitrogen and oxygen atoms in total. The van der Waals surface area contributed by atoms with Crippen molar-refractivity contribution in [1.29, 1.82) is 0 Å². The fraction of sp³-hybridized carbons (Fsp3) is 0.444. The molecule has 0 fully saturated rings. The van der Waals surface area contributed by atoms with Gasteiger partial charge in [-0.25, -0.2) is 4.39 Å². The van der Waals surface area contributed by atoms with Crippen LogP contribution in [0.4, 0.5) is 4.39 Å². The van der Waals surface area contributed by atoms with E-state index in [-0.39, 0.29) is 10.4 Å². The summed E-state index contributed by atoms with van der Waals surface area (Å²) in [5.74, 6) is -0.410. The number of pyridine rings is 1. The van der Waals surface area contributed by atoms with Crippen molar-refractivity contribution in [3.63, 3.8) is 0 Å². The molecule has 0 amide bonds. The molecule has 0 aliphatic carbocycles. The van der Waals surface area contributed by atoms with Gasteiger partial charge in [-0.15, -0.1) is 0 Å². The summed E-state index contributed by atoms with van der Waals surface area (Å²) < 4.78 is 13.3. The topological polar surface area (TPSA) is 12.9 Å². The molecule has 1 rings (SSSR count). The molecule has 1 aromatic heterocycles. The highest BCUT2D eigenvalue weighted by atomic mass is 35.5. The third-order valence-corrected chi connectivity index (χ3v) is 1.84. The van der Waals surface area contributed by atoms with Gasteiger partial charge >= 0.3 is 0 Å². The largest absolute Gasteiger partial charge is 0.258 e. The van der Waals surface area contributed by atoms with Gasteiger partial charge in [-0.1, -0.05) is 32.4 Å². The Kier molecular flexibility index (Phi) is 2.38. The molecule has 0 radical (unpaired) electrons. The van der Waals surface area contributed by atoms with Crippen molar-refractivity contribution in [3.05, 3.63) is 28.8 Å². The first-order valence-corrected chi connectivity index (χ1v) is 4.11. The standard InChI is InChI=1S/C9H11ClFN/c1-9(2,3)8-7(11)6(10)4-5-12-8/h4-5H,1-3H3. The summed E-state index contributed by atoms with van der Waals surface area (Å²) in [5.41, 5.74) is 0.115. The molecule has 0 unspecified atom stereocenters. The Labute approximate surface area is 76.6 Å². The van der Waals surface area contributed by atoms with Crippen LogP contribution in [0, 0.1) is 5.82 Å². The maximum Gasteiger partial charge on any atom is 0.163 e. The van der Waals surface area contributed by atoms with Gasteiger partial charge < -0.3 is 0 Å². The lowest BCUT2D eigenvalue weighted by Gasteiger charge is -2.18. The Balaban J connectivity index is 3.26. The van der Waals surface area contributed by atoms with Crippen molar-refractivity contribution < 1.29 is 4.39 Å². The Morgan fingerprint density at radius 2 is 2.00 bits per heavy atom. The van der Waals surface area contributed by atoms with E-state index >= 15 is 0 Å². The molecular formula is C9H11ClFN. The first kappa shape index (κ1) is 9.46. The van der Waals surface area contributed by atoms with Gasteiger partial charge in [-0.05, 0) is 6.07 Å². The predicted molar refractivity (Wildman–Crippen MR) is 47.9 cm³/mol. The molecule has 0 atom stereocenters. The van der Waals surface area contributed by atoms with E-state index in [0.29, 0.717) is 5.69 Å². The van der Waals surface area contributed by atoms with Crippen LogP contribution in [0.2, 0.25) is 5.02 Å². The molecule has 0 aliphatic rings. The molecule has 0 spiro atoms. The predicted octanol–water partition coefficient (Wildman–Crippen LogP) is 3.17. The van der Waals surface area contributed by atoms with Crippen LogP contribution in [0.3, 0.4) is 0 Å². The average Bonchev–Trinajstić information content (AvgIpc) is 1.92. The van der Waals surface area contributed by atoms with E-state index in [1.165, 1.54) is 12.3 Å². The molecular weight excluding hydrogens is 177 g/mol. The lowest BCUT2D eigenvalue weighted by molar-refractivity contribution is 0.503. The van der Waals surface area contributed by atoms with Crippen LogP contribution in [-0.2, 0) is 5.41 Å². The van der Waals surface area contributed by atoms with E-state index in [1.54, 1.807) is 0 Å². The summed E-state index contributed by atoms with van der Waals surface area (Å²) in [5, 5.41) is 0.134. The second kappa shape index (κ2) is 3.02. The Hall–Kier alpha value is -0.630. The zero-order valence-corrected chi connectivity index (χ0v) is 8.11. The van der Waals surface area contributed by atoms with Gasteiger partial charge in [0.1, 0.15) is 0 Å². The van der Waals surface area contributed by atoms with Gasteiger partial charge in [0.05, 0.1) is 10.7 Å². The summed E-state index contributed by atoms with van der Waals surface area (Å²) in [4.78, 5) is 3.95. The smallest absolute Gasteiger partial charge is 0.163 e. The average molecular weight is 188 g/mol. The summed E-state index contributed by atoms with van der Waals surface area (Å²) in [6.45, 7) is 5.69. The quantitative estimate of drug-likeness (QED) is 0.608. The molecule has 12 heavy (non-hydrogen) atoms. The maximum atomic E-state index is 13.3. The van der Waals surface area contributed by atoms with Crippen molar-refractivity contribution >= 4 is 11.6 Å². The summed E-state index contributed by atoms with van der Waals surface area (Å²) in [6.07, 6.45) is 1.52. The van der Waals surface area contributed by atoms with Crippen molar-refractivity contribution in [2.24, 2.45) is 0 Å². The number of rotatable bonds is 0. The number of hydrogen-bond donors (Lipinski definition) is 0. The molecule has 0 saturated carbocycles. The highest BCUT2D eigenvalue weighted by Gasteiger charge is 2.21. The molecule has 3 heteroatoms. The van der Waals surface area contributed by atoms with E-state index in [0.717, 1.165) is 0 Å². The van der Waals surface area contributed by atoms with Crippen molar-refractivity contribution in [3.8, 4) is 0 Å². The van der Waals surface area contributed by atoms with Crippen LogP contribution in [-0.4, -0.2) is 4.98 Å². The lowest BCUT2D eigenvalue weighted by atomic mass is 9.91.